The van der Waals surface area contributed by atoms with Crippen LogP contribution < -0.4 is 70.0 Å². The standard InChI is InChI=1S/C91H145N15O34/c1-49(2)45-63-80(119)101-62(33-34-70(116)94-39-35-69(93)115)85(124)106(90(127)140-91(15,16)17)66(31-18-21-36-92)82(121)104-71(51(5)6)83(122)100-61(30-20-23-38-96-89(126)131-44-27-25-42-129-87-73(98-53(8)108)77(137-59(14)114)75(135-57(12)112)68(139-87)48-133-55(10)110)79(118)103-64(46-50(3)4)84(123)105-40-28-32-65(105)81(120)99-60(78(117)102-63)29-19-22-37-95-88(125)130-43-26-24-41-128-86-72(97-52(7)107)76(136-58(13)113)74(134-56(11)111)67(138-86)47-132-54(9)109/h24-27,49-51,60-68,71-77,86-87H,18-23,28-48,92H2,1-17H3,(H2,93,115)(H,94,116)(H,95,125)(H,96,126)(H,97,107)(H,98,108)(H,99,120)(H,100,122)(H,101,119)(H,102,117)(H,103,118)(H,104,121)/b26-24-,27-25-/t60-,61+,62+,63+,64+,65+,66+,67-,68-,71+,72-,73-,74-,75-,76-,77-,86-,87-/m1/s1. The van der Waals surface area contributed by atoms with Gasteiger partial charge in [0.25, 0.3) is 5.91 Å². The second-order valence-electron chi connectivity index (χ2n) is 36.2. The number of amides is 15. The first-order valence-corrected chi connectivity index (χ1v) is 47.0. The average molecular weight is 1990 g/mol. The Balaban J connectivity index is 1.75. The molecule has 0 saturated carbocycles. The SMILES string of the molecule is CC(=O)N[C@H]1[C@H](OC/C=C\COC(=O)NCCCC[C@@H]2NC(=O)[C@H](C(C)C)NC(=O)[C@H](CCCCN)N(C(=O)OC(C)(C)C)C(=O)[C@H](CCC(=O)NCCC(N)=O)NC(=O)[C@H](CC(C)C)NC(=O)[C@@H](CCCCNC(=O)OC/C=C\CO[C@@H]3O[C@H](COC(C)=O)[C@@H](OC(C)=O)[C@H](OC(C)=O)[C@H]3NC(C)=O)NC(=O)[C@@H]3CCCN3C(=O)[C@H](CC(C)C)NC2=O)O[C@H](COC(C)=O)[C@@H](OC(C)=O)[C@@H]1OC(C)=O. The van der Waals surface area contributed by atoms with Crippen LogP contribution in [0, 0.1) is 17.8 Å². The summed E-state index contributed by atoms with van der Waals surface area (Å²) in [6, 6.07) is -15.4. The normalized spacial score (nSPS) is 24.8. The number of nitrogens with zero attached hydrogens (tertiary/aromatic N) is 2. The molecule has 15 N–H and O–H groups in total. The molecule has 4 fully saturated rings. The molecule has 4 aliphatic heterocycles. The van der Waals surface area contributed by atoms with Crippen molar-refractivity contribution in [2.75, 3.05) is 72.4 Å². The molecule has 4 heterocycles. The Hall–Kier alpha value is -12.2. The number of ether oxygens (including phenoxy) is 13. The minimum atomic E-state index is -1.95. The second kappa shape index (κ2) is 61.3. The highest BCUT2D eigenvalue weighted by molar-refractivity contribution is 6.04. The molecule has 0 radical (unpaired) electrons. The van der Waals surface area contributed by atoms with Crippen LogP contribution in [0.15, 0.2) is 24.3 Å². The van der Waals surface area contributed by atoms with Crippen LogP contribution in [-0.4, -0.2) is 322 Å². The van der Waals surface area contributed by atoms with Gasteiger partial charge in [0.15, 0.2) is 37.0 Å². The van der Waals surface area contributed by atoms with Gasteiger partial charge in [-0.15, -0.1) is 0 Å². The molecule has 140 heavy (non-hydrogen) atoms. The summed E-state index contributed by atoms with van der Waals surface area (Å²) >= 11 is 0. The smallest absolute Gasteiger partial charge is 0.417 e. The van der Waals surface area contributed by atoms with Crippen molar-refractivity contribution in [3.8, 4) is 0 Å². The fourth-order valence-electron chi connectivity index (χ4n) is 15.3. The number of unbranched alkanes of at least 4 members (excludes halogenated alkanes) is 3. The van der Waals surface area contributed by atoms with Gasteiger partial charge in [-0.1, -0.05) is 53.7 Å². The molecule has 18 atom stereocenters. The topological polar surface area (TPSA) is 669 Å². The Morgan fingerprint density at radius 3 is 1.32 bits per heavy atom. The number of esters is 6. The number of carbonyl (C=O) groups is 21. The first-order valence-electron chi connectivity index (χ1n) is 47.0. The van der Waals surface area contributed by atoms with E-state index >= 15 is 43.2 Å². The van der Waals surface area contributed by atoms with Crippen molar-refractivity contribution < 1.29 is 162 Å². The molecule has 0 aromatic rings. The molecule has 0 aromatic carbocycles. The number of carbonyl (C=O) groups excluding carboxylic acids is 21. The van der Waals surface area contributed by atoms with Gasteiger partial charge in [0.2, 0.25) is 65.0 Å². The summed E-state index contributed by atoms with van der Waals surface area (Å²) in [5.74, 6) is -17.0. The number of fused-ring (bicyclic) bond motifs is 1. The van der Waals surface area contributed by atoms with Gasteiger partial charge < -0.3 is 136 Å². The maximum absolute atomic E-state index is 15.9. The van der Waals surface area contributed by atoms with E-state index in [0.29, 0.717) is 4.90 Å². The van der Waals surface area contributed by atoms with Crippen LogP contribution in [0.1, 0.15) is 220 Å². The summed E-state index contributed by atoms with van der Waals surface area (Å²) < 4.78 is 72.5. The molecular weight excluding hydrogens is 1850 g/mol. The van der Waals surface area contributed by atoms with Crippen LogP contribution in [0.25, 0.3) is 0 Å². The van der Waals surface area contributed by atoms with Gasteiger partial charge >= 0.3 is 54.1 Å². The number of alkyl carbamates (subject to hydrolysis) is 2. The van der Waals surface area contributed by atoms with Crippen molar-refractivity contribution in [1.29, 1.82) is 0 Å². The molecule has 15 amide bonds. The third kappa shape index (κ3) is 44.1. The van der Waals surface area contributed by atoms with E-state index in [1.807, 2.05) is 0 Å². The molecule has 49 nitrogen and oxygen atoms in total. The van der Waals surface area contributed by atoms with Crippen molar-refractivity contribution in [1.82, 2.24) is 68.3 Å². The number of hydrogen-bond donors (Lipinski definition) is 13. The Morgan fingerprint density at radius 2 is 0.886 bits per heavy atom. The summed E-state index contributed by atoms with van der Waals surface area (Å²) in [6.07, 6.45) is -10.2. The third-order valence-electron chi connectivity index (χ3n) is 21.5. The van der Waals surface area contributed by atoms with Gasteiger partial charge in [0, 0.05) is 94.4 Å². The van der Waals surface area contributed by atoms with Gasteiger partial charge in [-0.3, -0.25) is 86.3 Å². The van der Waals surface area contributed by atoms with Crippen LogP contribution in [-0.2, 0) is 148 Å². The zero-order valence-electron chi connectivity index (χ0n) is 83.0. The van der Waals surface area contributed by atoms with E-state index in [2.05, 4.69) is 58.5 Å². The van der Waals surface area contributed by atoms with Crippen molar-refractivity contribution in [2.45, 2.75) is 336 Å². The Kier molecular flexibility index (Phi) is 52.6. The highest BCUT2D eigenvalue weighted by Gasteiger charge is 2.54. The minimum absolute atomic E-state index is 0.0265. The number of nitrogens with one attached hydrogen (secondary N) is 11. The first-order chi connectivity index (χ1) is 65.9. The lowest BCUT2D eigenvalue weighted by Crippen LogP contribution is -2.66. The fraction of sp³-hybridized carbons (Fsp3) is 0.725. The lowest BCUT2D eigenvalue weighted by Gasteiger charge is -2.44. The van der Waals surface area contributed by atoms with E-state index in [-0.39, 0.29) is 155 Å². The number of nitrogens with two attached hydrogens (primary N) is 2. The summed E-state index contributed by atoms with van der Waals surface area (Å²) in [6.45, 7) is 20.7. The number of primary amides is 1. The summed E-state index contributed by atoms with van der Waals surface area (Å²) in [5.41, 5.74) is 9.93. The van der Waals surface area contributed by atoms with E-state index in [1.54, 1.807) is 41.5 Å². The van der Waals surface area contributed by atoms with E-state index in [1.165, 1.54) is 63.8 Å². The van der Waals surface area contributed by atoms with E-state index in [0.717, 1.165) is 41.5 Å². The first kappa shape index (κ1) is 120. The summed E-state index contributed by atoms with van der Waals surface area (Å²) in [7, 11) is 0. The lowest BCUT2D eigenvalue weighted by atomic mass is 9.96. The summed E-state index contributed by atoms with van der Waals surface area (Å²) in [4.78, 5) is 289. The molecule has 788 valence electrons. The average Bonchev–Trinajstić information content (AvgIpc) is 1.81. The maximum atomic E-state index is 15.9. The number of hydrogen-bond acceptors (Lipinski definition) is 35. The van der Waals surface area contributed by atoms with Crippen molar-refractivity contribution in [3.63, 3.8) is 0 Å². The van der Waals surface area contributed by atoms with Crippen LogP contribution in [0.2, 0.25) is 0 Å². The van der Waals surface area contributed by atoms with Crippen molar-refractivity contribution in [2.24, 2.45) is 29.2 Å². The fourth-order valence-corrected chi connectivity index (χ4v) is 15.3. The van der Waals surface area contributed by atoms with Crippen molar-refractivity contribution >= 4 is 125 Å². The van der Waals surface area contributed by atoms with E-state index < -0.39 is 278 Å². The maximum Gasteiger partial charge on any atom is 0.417 e. The summed E-state index contributed by atoms with van der Waals surface area (Å²) in [5, 5.41) is 29.2. The van der Waals surface area contributed by atoms with Gasteiger partial charge in [-0.25, -0.2) is 19.3 Å². The van der Waals surface area contributed by atoms with Crippen LogP contribution >= 0.6 is 0 Å². The zero-order chi connectivity index (χ0) is 105. The quantitative estimate of drug-likeness (QED) is 0.0164. The van der Waals surface area contributed by atoms with E-state index in [4.69, 9.17) is 73.0 Å². The molecule has 49 heteroatoms. The third-order valence-corrected chi connectivity index (χ3v) is 21.5. The largest absolute Gasteiger partial charge is 0.463 e. The van der Waals surface area contributed by atoms with Crippen molar-refractivity contribution in [3.05, 3.63) is 24.3 Å². The molecule has 4 saturated heterocycles. The molecule has 0 aliphatic carbocycles. The van der Waals surface area contributed by atoms with Crippen LogP contribution in [0.3, 0.4) is 0 Å². The number of rotatable bonds is 45. The molecule has 0 spiro atoms. The minimum Gasteiger partial charge on any atom is -0.463 e. The van der Waals surface area contributed by atoms with Gasteiger partial charge in [0.1, 0.15) is 105 Å². The molecule has 4 rings (SSSR count). The van der Waals surface area contributed by atoms with Crippen LogP contribution in [0.5, 0.6) is 0 Å². The monoisotopic (exact) mass is 1990 g/mol. The highest BCUT2D eigenvalue weighted by Crippen LogP contribution is 2.32. The predicted octanol–water partition coefficient (Wildman–Crippen LogP) is -0.0681. The molecule has 4 aliphatic rings. The van der Waals surface area contributed by atoms with Gasteiger partial charge in [-0.05, 0) is 147 Å². The van der Waals surface area contributed by atoms with Gasteiger partial charge in [0.05, 0.1) is 13.2 Å². The highest BCUT2D eigenvalue weighted by atomic mass is 16.7. The zero-order valence-corrected chi connectivity index (χ0v) is 83.0. The van der Waals surface area contributed by atoms with E-state index in [9.17, 15) is 57.5 Å². The van der Waals surface area contributed by atoms with Gasteiger partial charge in [-0.2, -0.15) is 0 Å². The Labute approximate surface area is 813 Å². The Morgan fingerprint density at radius 1 is 0.457 bits per heavy atom. The molecular formula is C91H145N15O34. The Bertz CT molecular complexity index is 4280. The molecule has 0 unspecified atom stereocenters. The lowest BCUT2D eigenvalue weighted by molar-refractivity contribution is -0.275. The van der Waals surface area contributed by atoms with Crippen LogP contribution in [0.4, 0.5) is 14.4 Å². The predicted molar refractivity (Wildman–Crippen MR) is 490 cm³/mol. The molecule has 0 bridgehead atoms. The second-order valence-corrected chi connectivity index (χ2v) is 36.2. The molecule has 0 aromatic heterocycles. The number of imide groups is 1.